The highest BCUT2D eigenvalue weighted by Gasteiger charge is 2.22. The number of rotatable bonds is 0. The monoisotopic (exact) mass is 240 g/mol. The highest BCUT2D eigenvalue weighted by Crippen LogP contribution is 2.24. The van der Waals surface area contributed by atoms with Crippen LogP contribution in [-0.2, 0) is 6.42 Å². The van der Waals surface area contributed by atoms with Gasteiger partial charge in [-0.1, -0.05) is 22.0 Å². The van der Waals surface area contributed by atoms with E-state index in [4.69, 9.17) is 5.84 Å². The molecule has 2 rings (SSSR count). The van der Waals surface area contributed by atoms with Crippen LogP contribution in [0.4, 0.5) is 0 Å². The van der Waals surface area contributed by atoms with Crippen LogP contribution in [0.2, 0.25) is 0 Å². The minimum Gasteiger partial charge on any atom is -0.276 e. The van der Waals surface area contributed by atoms with E-state index in [1.165, 1.54) is 5.01 Å². The standard InChI is InChI=1S/C9H9BrN2O/c10-8-3-1-2-7-6(8)4-5-12(11)9(7)13/h1-3H,4-5,11H2. The van der Waals surface area contributed by atoms with Gasteiger partial charge in [-0.05, 0) is 24.1 Å². The van der Waals surface area contributed by atoms with E-state index in [2.05, 4.69) is 15.9 Å². The van der Waals surface area contributed by atoms with Crippen molar-refractivity contribution in [1.29, 1.82) is 0 Å². The van der Waals surface area contributed by atoms with Gasteiger partial charge in [0.15, 0.2) is 0 Å². The van der Waals surface area contributed by atoms with Gasteiger partial charge in [0.05, 0.1) is 0 Å². The lowest BCUT2D eigenvalue weighted by atomic mass is 10.0. The van der Waals surface area contributed by atoms with Gasteiger partial charge in [-0.2, -0.15) is 0 Å². The summed E-state index contributed by atoms with van der Waals surface area (Å²) >= 11 is 3.42. The van der Waals surface area contributed by atoms with E-state index in [1.54, 1.807) is 6.07 Å². The van der Waals surface area contributed by atoms with Crippen LogP contribution in [0.25, 0.3) is 0 Å². The molecule has 0 radical (unpaired) electrons. The maximum atomic E-state index is 11.5. The van der Waals surface area contributed by atoms with Gasteiger partial charge in [0.25, 0.3) is 5.91 Å². The quantitative estimate of drug-likeness (QED) is 0.550. The lowest BCUT2D eigenvalue weighted by molar-refractivity contribution is 0.0739. The minimum absolute atomic E-state index is 0.0949. The molecule has 1 aliphatic heterocycles. The Morgan fingerprint density at radius 2 is 2.23 bits per heavy atom. The number of hydrazine groups is 1. The third-order valence-corrected chi connectivity index (χ3v) is 2.96. The Morgan fingerprint density at radius 1 is 1.46 bits per heavy atom. The van der Waals surface area contributed by atoms with E-state index < -0.39 is 0 Å². The van der Waals surface area contributed by atoms with E-state index >= 15 is 0 Å². The first kappa shape index (κ1) is 8.72. The van der Waals surface area contributed by atoms with Crippen LogP contribution in [0, 0.1) is 0 Å². The highest BCUT2D eigenvalue weighted by molar-refractivity contribution is 9.10. The lowest BCUT2D eigenvalue weighted by Crippen LogP contribution is -2.42. The Bertz CT molecular complexity index is 365. The predicted molar refractivity (Wildman–Crippen MR) is 53.1 cm³/mol. The second kappa shape index (κ2) is 3.12. The fourth-order valence-electron chi connectivity index (χ4n) is 1.50. The van der Waals surface area contributed by atoms with Crippen molar-refractivity contribution >= 4 is 21.8 Å². The molecule has 0 spiro atoms. The molecule has 1 amide bonds. The van der Waals surface area contributed by atoms with Crippen molar-refractivity contribution in [2.24, 2.45) is 5.84 Å². The maximum absolute atomic E-state index is 11.5. The van der Waals surface area contributed by atoms with E-state index in [0.717, 1.165) is 16.5 Å². The minimum atomic E-state index is -0.0949. The molecule has 0 bridgehead atoms. The summed E-state index contributed by atoms with van der Waals surface area (Å²) in [5, 5.41) is 1.26. The number of hydrogen-bond donors (Lipinski definition) is 1. The topological polar surface area (TPSA) is 46.3 Å². The van der Waals surface area contributed by atoms with Crippen LogP contribution in [0.1, 0.15) is 15.9 Å². The maximum Gasteiger partial charge on any atom is 0.268 e. The van der Waals surface area contributed by atoms with E-state index in [9.17, 15) is 4.79 Å². The molecular weight excluding hydrogens is 232 g/mol. The van der Waals surface area contributed by atoms with Crippen molar-refractivity contribution in [2.45, 2.75) is 6.42 Å². The summed E-state index contributed by atoms with van der Waals surface area (Å²) in [6.45, 7) is 0.592. The van der Waals surface area contributed by atoms with Crippen molar-refractivity contribution < 1.29 is 4.79 Å². The third kappa shape index (κ3) is 1.36. The largest absolute Gasteiger partial charge is 0.276 e. The number of nitrogens with two attached hydrogens (primary N) is 1. The van der Waals surface area contributed by atoms with Crippen LogP contribution in [0.3, 0.4) is 0 Å². The zero-order chi connectivity index (χ0) is 9.42. The molecule has 1 aliphatic rings. The number of amides is 1. The summed E-state index contributed by atoms with van der Waals surface area (Å²) in [7, 11) is 0. The number of hydrogen-bond acceptors (Lipinski definition) is 2. The molecule has 13 heavy (non-hydrogen) atoms. The average molecular weight is 241 g/mol. The summed E-state index contributed by atoms with van der Waals surface area (Å²) in [6, 6.07) is 5.60. The van der Waals surface area contributed by atoms with Gasteiger partial charge in [-0.3, -0.25) is 9.80 Å². The highest BCUT2D eigenvalue weighted by atomic mass is 79.9. The first-order valence-electron chi connectivity index (χ1n) is 4.04. The Morgan fingerprint density at radius 3 is 3.00 bits per heavy atom. The Hall–Kier alpha value is -0.870. The molecule has 1 aromatic carbocycles. The number of halogens is 1. The van der Waals surface area contributed by atoms with Crippen LogP contribution < -0.4 is 5.84 Å². The molecule has 2 N–H and O–H groups in total. The lowest BCUT2D eigenvalue weighted by Gasteiger charge is -2.24. The Balaban J connectivity index is 2.55. The van der Waals surface area contributed by atoms with Crippen molar-refractivity contribution in [3.63, 3.8) is 0 Å². The van der Waals surface area contributed by atoms with Gasteiger partial charge in [-0.15, -0.1) is 0 Å². The van der Waals surface area contributed by atoms with Crippen LogP contribution in [-0.4, -0.2) is 17.5 Å². The predicted octanol–water partition coefficient (Wildman–Crippen LogP) is 1.32. The van der Waals surface area contributed by atoms with Crippen LogP contribution in [0.15, 0.2) is 22.7 Å². The SMILES string of the molecule is NN1CCc2c(Br)cccc2C1=O. The average Bonchev–Trinajstić information content (AvgIpc) is 2.12. The normalized spacial score (nSPS) is 15.8. The fraction of sp³-hybridized carbons (Fsp3) is 0.222. The molecule has 1 aromatic rings. The zero-order valence-corrected chi connectivity index (χ0v) is 8.54. The molecule has 0 unspecified atom stereocenters. The summed E-state index contributed by atoms with van der Waals surface area (Å²) < 4.78 is 0.992. The van der Waals surface area contributed by atoms with E-state index in [-0.39, 0.29) is 5.91 Å². The summed E-state index contributed by atoms with van der Waals surface area (Å²) in [5.74, 6) is 5.42. The summed E-state index contributed by atoms with van der Waals surface area (Å²) in [4.78, 5) is 11.5. The number of fused-ring (bicyclic) bond motifs is 1. The van der Waals surface area contributed by atoms with Crippen molar-refractivity contribution in [1.82, 2.24) is 5.01 Å². The Kier molecular flexibility index (Phi) is 2.09. The first-order chi connectivity index (χ1) is 6.20. The molecule has 1 heterocycles. The number of carbonyl (C=O) groups is 1. The van der Waals surface area contributed by atoms with Crippen LogP contribution >= 0.6 is 15.9 Å². The number of carbonyl (C=O) groups excluding carboxylic acids is 1. The van der Waals surface area contributed by atoms with Crippen LogP contribution in [0.5, 0.6) is 0 Å². The third-order valence-electron chi connectivity index (χ3n) is 2.21. The summed E-state index contributed by atoms with van der Waals surface area (Å²) in [6.07, 6.45) is 0.818. The second-order valence-electron chi connectivity index (χ2n) is 3.01. The van der Waals surface area contributed by atoms with Gasteiger partial charge in [0.1, 0.15) is 0 Å². The molecule has 0 saturated carbocycles. The molecule has 0 aromatic heterocycles. The molecule has 0 aliphatic carbocycles. The molecule has 3 nitrogen and oxygen atoms in total. The smallest absolute Gasteiger partial charge is 0.268 e. The van der Waals surface area contributed by atoms with Gasteiger partial charge in [0.2, 0.25) is 0 Å². The molecule has 4 heteroatoms. The van der Waals surface area contributed by atoms with E-state index in [1.807, 2.05) is 12.1 Å². The van der Waals surface area contributed by atoms with E-state index in [0.29, 0.717) is 12.1 Å². The molecule has 0 saturated heterocycles. The van der Waals surface area contributed by atoms with Gasteiger partial charge >= 0.3 is 0 Å². The molecule has 0 atom stereocenters. The Labute approximate surface area is 84.6 Å². The summed E-state index contributed by atoms with van der Waals surface area (Å²) in [5.41, 5.74) is 1.78. The fourth-order valence-corrected chi connectivity index (χ4v) is 2.07. The van der Waals surface area contributed by atoms with Crippen molar-refractivity contribution in [2.75, 3.05) is 6.54 Å². The van der Waals surface area contributed by atoms with Crippen molar-refractivity contribution in [3.8, 4) is 0 Å². The zero-order valence-electron chi connectivity index (χ0n) is 6.96. The van der Waals surface area contributed by atoms with Gasteiger partial charge in [0, 0.05) is 16.6 Å². The molecule has 68 valence electrons. The first-order valence-corrected chi connectivity index (χ1v) is 4.83. The number of nitrogens with zero attached hydrogens (tertiary/aromatic N) is 1. The van der Waals surface area contributed by atoms with Gasteiger partial charge < -0.3 is 0 Å². The number of benzene rings is 1. The van der Waals surface area contributed by atoms with Gasteiger partial charge in [-0.25, -0.2) is 5.84 Å². The van der Waals surface area contributed by atoms with Crippen molar-refractivity contribution in [3.05, 3.63) is 33.8 Å². The second-order valence-corrected chi connectivity index (χ2v) is 3.87. The molecular formula is C9H9BrN2O. The molecule has 0 fully saturated rings.